The second kappa shape index (κ2) is 11.7. The Morgan fingerprint density at radius 3 is 2.45 bits per heavy atom. The van der Waals surface area contributed by atoms with Gasteiger partial charge in [-0.2, -0.15) is 0 Å². The molecule has 33 heavy (non-hydrogen) atoms. The highest BCUT2D eigenvalue weighted by Gasteiger charge is 2.49. The van der Waals surface area contributed by atoms with Crippen LogP contribution in [0.15, 0.2) is 35.2 Å². The summed E-state index contributed by atoms with van der Waals surface area (Å²) in [5.74, 6) is -0.710. The lowest BCUT2D eigenvalue weighted by atomic mass is 9.82. The minimum Gasteiger partial charge on any atom is -0.465 e. The molecule has 1 heterocycles. The van der Waals surface area contributed by atoms with Gasteiger partial charge in [0.2, 0.25) is 0 Å². The third-order valence-corrected chi connectivity index (χ3v) is 7.14. The van der Waals surface area contributed by atoms with Gasteiger partial charge in [-0.15, -0.1) is 0 Å². The van der Waals surface area contributed by atoms with E-state index in [1.165, 1.54) is 6.92 Å². The van der Waals surface area contributed by atoms with Gasteiger partial charge in [0.15, 0.2) is 0 Å². The van der Waals surface area contributed by atoms with Gasteiger partial charge in [-0.1, -0.05) is 43.8 Å². The molecule has 0 bridgehead atoms. The minimum atomic E-state index is -0.657. The molecule has 0 aliphatic carbocycles. The predicted molar refractivity (Wildman–Crippen MR) is 128 cm³/mol. The van der Waals surface area contributed by atoms with Crippen LogP contribution in [0, 0.1) is 17.3 Å². The lowest BCUT2D eigenvalue weighted by molar-refractivity contribution is -0.182. The van der Waals surface area contributed by atoms with Gasteiger partial charge in [-0.25, -0.2) is 0 Å². The molecule has 1 aliphatic rings. The van der Waals surface area contributed by atoms with Crippen LogP contribution in [-0.2, 0) is 23.8 Å². The van der Waals surface area contributed by atoms with Crippen LogP contribution in [0.25, 0.3) is 0 Å². The fourth-order valence-corrected chi connectivity index (χ4v) is 5.13. The highest BCUT2D eigenvalue weighted by Crippen LogP contribution is 2.45. The van der Waals surface area contributed by atoms with E-state index in [2.05, 4.69) is 5.32 Å². The molecule has 0 radical (unpaired) electrons. The second-order valence-corrected chi connectivity index (χ2v) is 11.6. The number of hydrogen-bond donors (Lipinski definition) is 2. The summed E-state index contributed by atoms with van der Waals surface area (Å²) < 4.78 is 17.9. The number of hydrogen-bond acceptors (Lipinski definition) is 8. The van der Waals surface area contributed by atoms with Crippen molar-refractivity contribution >= 4 is 23.7 Å². The van der Waals surface area contributed by atoms with Crippen molar-refractivity contribution in [2.45, 2.75) is 83.0 Å². The Kier molecular flexibility index (Phi) is 9.79. The molecule has 0 amide bonds. The maximum Gasteiger partial charge on any atom is 0.311 e. The summed E-state index contributed by atoms with van der Waals surface area (Å²) in [4.78, 5) is 24.5. The predicted octanol–water partition coefficient (Wildman–Crippen LogP) is 3.99. The van der Waals surface area contributed by atoms with Crippen LogP contribution in [0.5, 0.6) is 0 Å². The van der Waals surface area contributed by atoms with E-state index in [1.807, 2.05) is 71.9 Å². The Morgan fingerprint density at radius 2 is 1.91 bits per heavy atom. The molecule has 0 spiro atoms. The molecule has 186 valence electrons. The van der Waals surface area contributed by atoms with Gasteiger partial charge in [0.1, 0.15) is 11.0 Å². The van der Waals surface area contributed by atoms with Crippen LogP contribution in [0.4, 0.5) is 0 Å². The summed E-state index contributed by atoms with van der Waals surface area (Å²) in [7, 11) is 0. The zero-order chi connectivity index (χ0) is 24.8. The standard InChI is InChI=1S/C25H39NO6S/c1-16(14-30-23(29)24(4,5)6)17(2)22-21(26-15-27)20(31-18(3)28)13-25(7,32-22)33-19-11-9-8-10-12-19/h8-12,16-17,20-22,26-27H,13-15H2,1-7H3/t16-,17-,20-,21-,22?,25+/m1/s1. The first-order valence-electron chi connectivity index (χ1n) is 11.5. The van der Waals surface area contributed by atoms with E-state index in [0.717, 1.165) is 4.90 Å². The van der Waals surface area contributed by atoms with Crippen LogP contribution in [0.2, 0.25) is 0 Å². The van der Waals surface area contributed by atoms with Crippen molar-refractivity contribution in [1.29, 1.82) is 0 Å². The number of ether oxygens (including phenoxy) is 3. The van der Waals surface area contributed by atoms with Gasteiger partial charge < -0.3 is 19.3 Å². The fourth-order valence-electron chi connectivity index (χ4n) is 3.93. The highest BCUT2D eigenvalue weighted by atomic mass is 32.2. The topological polar surface area (TPSA) is 94.1 Å². The Bertz CT molecular complexity index is 783. The summed E-state index contributed by atoms with van der Waals surface area (Å²) in [5.41, 5.74) is -0.573. The number of rotatable bonds is 9. The number of esters is 2. The summed E-state index contributed by atoms with van der Waals surface area (Å²) in [6, 6.07) is 9.54. The van der Waals surface area contributed by atoms with Crippen molar-refractivity contribution in [3.63, 3.8) is 0 Å². The highest BCUT2D eigenvalue weighted by molar-refractivity contribution is 8.00. The van der Waals surface area contributed by atoms with Gasteiger partial charge in [0.25, 0.3) is 0 Å². The first-order valence-corrected chi connectivity index (χ1v) is 12.3. The van der Waals surface area contributed by atoms with E-state index in [-0.39, 0.29) is 43.2 Å². The van der Waals surface area contributed by atoms with Crippen molar-refractivity contribution in [3.05, 3.63) is 30.3 Å². The molecule has 7 nitrogen and oxygen atoms in total. The molecule has 1 aromatic carbocycles. The average Bonchev–Trinajstić information content (AvgIpc) is 2.72. The average molecular weight is 482 g/mol. The summed E-state index contributed by atoms with van der Waals surface area (Å²) in [6.45, 7) is 12.9. The molecule has 1 unspecified atom stereocenters. The lowest BCUT2D eigenvalue weighted by Crippen LogP contribution is -2.62. The fraction of sp³-hybridized carbons (Fsp3) is 0.680. The van der Waals surface area contributed by atoms with Crippen LogP contribution in [0.3, 0.4) is 0 Å². The third kappa shape index (κ3) is 7.98. The van der Waals surface area contributed by atoms with Gasteiger partial charge in [0.05, 0.1) is 30.9 Å². The second-order valence-electron chi connectivity index (χ2n) is 10.1. The van der Waals surface area contributed by atoms with Gasteiger partial charge in [-0.05, 0) is 51.7 Å². The number of carbonyl (C=O) groups is 2. The van der Waals surface area contributed by atoms with E-state index in [0.29, 0.717) is 6.42 Å². The molecule has 2 rings (SSSR count). The number of aliphatic hydroxyl groups is 1. The largest absolute Gasteiger partial charge is 0.465 e. The molecule has 1 aromatic rings. The van der Waals surface area contributed by atoms with E-state index >= 15 is 0 Å². The Labute approximate surface area is 201 Å². The Balaban J connectivity index is 2.27. The molecule has 1 aliphatic heterocycles. The molecule has 6 atom stereocenters. The Hall–Kier alpha value is -1.61. The molecule has 0 aromatic heterocycles. The quantitative estimate of drug-likeness (QED) is 0.404. The van der Waals surface area contributed by atoms with Gasteiger partial charge in [0, 0.05) is 18.2 Å². The normalized spacial score (nSPS) is 27.5. The lowest BCUT2D eigenvalue weighted by Gasteiger charge is -2.49. The summed E-state index contributed by atoms with van der Waals surface area (Å²) in [5, 5.41) is 12.7. The summed E-state index contributed by atoms with van der Waals surface area (Å²) >= 11 is 1.58. The summed E-state index contributed by atoms with van der Waals surface area (Å²) in [6.07, 6.45) is -0.415. The minimum absolute atomic E-state index is 0.0219. The van der Waals surface area contributed by atoms with E-state index in [4.69, 9.17) is 14.2 Å². The number of aliphatic hydroxyl groups excluding tert-OH is 1. The van der Waals surface area contributed by atoms with Crippen molar-refractivity contribution in [1.82, 2.24) is 5.32 Å². The maximum absolute atomic E-state index is 12.3. The van der Waals surface area contributed by atoms with Crippen LogP contribution in [0.1, 0.15) is 54.9 Å². The van der Waals surface area contributed by atoms with Crippen molar-refractivity contribution < 1.29 is 28.9 Å². The Morgan fingerprint density at radius 1 is 1.27 bits per heavy atom. The van der Waals surface area contributed by atoms with Crippen LogP contribution >= 0.6 is 11.8 Å². The zero-order valence-electron chi connectivity index (χ0n) is 20.8. The SMILES string of the molecule is CC(=O)O[C@@H]1C[C@](C)(Sc2ccccc2)OC([C@H](C)[C@H](C)COC(=O)C(C)(C)C)[C@@H]1NCO. The van der Waals surface area contributed by atoms with Crippen molar-refractivity contribution in [2.75, 3.05) is 13.3 Å². The zero-order valence-corrected chi connectivity index (χ0v) is 21.6. The van der Waals surface area contributed by atoms with Crippen molar-refractivity contribution in [2.24, 2.45) is 17.3 Å². The molecular formula is C25H39NO6S. The molecule has 0 saturated carbocycles. The maximum atomic E-state index is 12.3. The number of carbonyl (C=O) groups excluding carboxylic acids is 2. The third-order valence-electron chi connectivity index (χ3n) is 5.94. The molecular weight excluding hydrogens is 442 g/mol. The molecule has 8 heteroatoms. The van der Waals surface area contributed by atoms with Crippen LogP contribution in [-0.4, -0.2) is 53.6 Å². The molecule has 2 N–H and O–H groups in total. The van der Waals surface area contributed by atoms with Crippen molar-refractivity contribution in [3.8, 4) is 0 Å². The first kappa shape index (κ1) is 27.6. The van der Waals surface area contributed by atoms with Gasteiger partial charge in [-0.3, -0.25) is 14.9 Å². The van der Waals surface area contributed by atoms with E-state index < -0.39 is 22.5 Å². The molecule has 1 saturated heterocycles. The monoisotopic (exact) mass is 481 g/mol. The molecule has 1 fully saturated rings. The number of benzene rings is 1. The van der Waals surface area contributed by atoms with E-state index in [9.17, 15) is 14.7 Å². The smallest absolute Gasteiger partial charge is 0.311 e. The number of thioether (sulfide) groups is 1. The van der Waals surface area contributed by atoms with Gasteiger partial charge >= 0.3 is 11.9 Å². The first-order chi connectivity index (χ1) is 15.4. The van der Waals surface area contributed by atoms with Crippen LogP contribution < -0.4 is 5.32 Å². The number of nitrogens with one attached hydrogen (secondary N) is 1. The van der Waals surface area contributed by atoms with E-state index in [1.54, 1.807) is 11.8 Å².